The molecule has 0 aliphatic carbocycles. The van der Waals surface area contributed by atoms with E-state index in [1.807, 2.05) is 39.0 Å². The second kappa shape index (κ2) is 9.37. The number of amides is 1. The van der Waals surface area contributed by atoms with Gasteiger partial charge in [-0.2, -0.15) is 0 Å². The van der Waals surface area contributed by atoms with E-state index in [0.717, 1.165) is 23.2 Å². The highest BCUT2D eigenvalue weighted by molar-refractivity contribution is 5.94. The quantitative estimate of drug-likeness (QED) is 0.811. The van der Waals surface area contributed by atoms with E-state index in [2.05, 4.69) is 5.32 Å². The highest BCUT2D eigenvalue weighted by atomic mass is 35.5. The van der Waals surface area contributed by atoms with E-state index in [1.54, 1.807) is 4.90 Å². The van der Waals surface area contributed by atoms with Crippen LogP contribution in [-0.2, 0) is 9.59 Å². The van der Waals surface area contributed by atoms with Crippen molar-refractivity contribution in [2.75, 3.05) is 25.0 Å². The number of benzene rings is 1. The minimum atomic E-state index is -0.918. The van der Waals surface area contributed by atoms with E-state index in [0.29, 0.717) is 6.54 Å². The van der Waals surface area contributed by atoms with Gasteiger partial charge in [-0.15, -0.1) is 12.4 Å². The Labute approximate surface area is 131 Å². The first-order valence-corrected chi connectivity index (χ1v) is 6.74. The summed E-state index contributed by atoms with van der Waals surface area (Å²) in [5, 5.41) is 11.7. The van der Waals surface area contributed by atoms with Crippen LogP contribution in [0, 0.1) is 13.8 Å². The van der Waals surface area contributed by atoms with Crippen molar-refractivity contribution in [3.8, 4) is 0 Å². The molecular weight excluding hydrogens is 292 g/mol. The predicted molar refractivity (Wildman–Crippen MR) is 86.2 cm³/mol. The Morgan fingerprint density at radius 1 is 1.19 bits per heavy atom. The number of halogens is 1. The fraction of sp³-hybridized carbons (Fsp3) is 0.467. The topological polar surface area (TPSA) is 69.6 Å². The molecule has 0 aliphatic heterocycles. The summed E-state index contributed by atoms with van der Waals surface area (Å²) in [7, 11) is 0. The van der Waals surface area contributed by atoms with Gasteiger partial charge >= 0.3 is 5.97 Å². The summed E-state index contributed by atoms with van der Waals surface area (Å²) >= 11 is 0. The molecule has 0 heterocycles. The Bertz CT molecular complexity index is 472. The van der Waals surface area contributed by atoms with Crippen LogP contribution in [0.3, 0.4) is 0 Å². The fourth-order valence-electron chi connectivity index (χ4n) is 2.12. The number of hydrogen-bond acceptors (Lipinski definition) is 3. The predicted octanol–water partition coefficient (Wildman–Crippen LogP) is 2.46. The standard InChI is InChI=1S/C15H22N2O3.ClH/c1-4-8-17(10-14(19)20)9-13(18)16-15-11(2)6-5-7-12(15)3;/h5-7H,4,8-10H2,1-3H3,(H,16,18)(H,19,20);1H. The minimum absolute atomic E-state index is 0. The molecule has 21 heavy (non-hydrogen) atoms. The van der Waals surface area contributed by atoms with Gasteiger partial charge in [0.2, 0.25) is 5.91 Å². The normalized spacial score (nSPS) is 10.1. The van der Waals surface area contributed by atoms with Crippen molar-refractivity contribution in [1.82, 2.24) is 4.90 Å². The van der Waals surface area contributed by atoms with Gasteiger partial charge in [0, 0.05) is 5.69 Å². The molecule has 1 amide bonds. The lowest BCUT2D eigenvalue weighted by Crippen LogP contribution is -2.37. The summed E-state index contributed by atoms with van der Waals surface area (Å²) in [5.41, 5.74) is 2.81. The van der Waals surface area contributed by atoms with E-state index in [4.69, 9.17) is 5.11 Å². The molecular formula is C15H23ClN2O3. The molecule has 0 saturated carbocycles. The number of carbonyl (C=O) groups is 2. The van der Waals surface area contributed by atoms with E-state index >= 15 is 0 Å². The van der Waals surface area contributed by atoms with Crippen LogP contribution in [0.5, 0.6) is 0 Å². The highest BCUT2D eigenvalue weighted by Gasteiger charge is 2.14. The van der Waals surface area contributed by atoms with Crippen LogP contribution in [0.4, 0.5) is 5.69 Å². The number of hydrogen-bond donors (Lipinski definition) is 2. The van der Waals surface area contributed by atoms with E-state index in [9.17, 15) is 9.59 Å². The van der Waals surface area contributed by atoms with Gasteiger partial charge < -0.3 is 10.4 Å². The Balaban J connectivity index is 0.00000400. The van der Waals surface area contributed by atoms with Crippen LogP contribution in [0.1, 0.15) is 24.5 Å². The van der Waals surface area contributed by atoms with E-state index in [-0.39, 0.29) is 31.4 Å². The molecule has 1 aromatic carbocycles. The maximum absolute atomic E-state index is 12.0. The maximum atomic E-state index is 12.0. The third-order valence-corrected chi connectivity index (χ3v) is 3.01. The SMILES string of the molecule is CCCN(CC(=O)O)CC(=O)Nc1c(C)cccc1C.Cl. The van der Waals surface area contributed by atoms with Crippen molar-refractivity contribution in [3.63, 3.8) is 0 Å². The van der Waals surface area contributed by atoms with E-state index in [1.165, 1.54) is 0 Å². The van der Waals surface area contributed by atoms with Crippen molar-refractivity contribution in [2.45, 2.75) is 27.2 Å². The molecule has 1 rings (SSSR count). The van der Waals surface area contributed by atoms with Crippen LogP contribution in [0.15, 0.2) is 18.2 Å². The average molecular weight is 315 g/mol. The third kappa shape index (κ3) is 6.60. The number of aliphatic carboxylic acids is 1. The number of rotatable bonds is 7. The molecule has 0 saturated heterocycles. The van der Waals surface area contributed by atoms with Gasteiger partial charge in [0.1, 0.15) is 0 Å². The molecule has 0 fully saturated rings. The number of para-hydroxylation sites is 1. The maximum Gasteiger partial charge on any atom is 0.317 e. The zero-order valence-electron chi connectivity index (χ0n) is 12.7. The van der Waals surface area contributed by atoms with Crippen molar-refractivity contribution < 1.29 is 14.7 Å². The van der Waals surface area contributed by atoms with Crippen molar-refractivity contribution >= 4 is 30.0 Å². The van der Waals surface area contributed by atoms with Crippen molar-refractivity contribution in [2.24, 2.45) is 0 Å². The molecule has 0 aromatic heterocycles. The van der Waals surface area contributed by atoms with E-state index < -0.39 is 5.97 Å². The molecule has 6 heteroatoms. The van der Waals surface area contributed by atoms with Crippen LogP contribution in [0.25, 0.3) is 0 Å². The second-order valence-corrected chi connectivity index (χ2v) is 4.92. The molecule has 118 valence electrons. The number of carbonyl (C=O) groups excluding carboxylic acids is 1. The summed E-state index contributed by atoms with van der Waals surface area (Å²) in [6, 6.07) is 5.81. The van der Waals surface area contributed by atoms with Gasteiger partial charge in [0.25, 0.3) is 0 Å². The van der Waals surface area contributed by atoms with Crippen molar-refractivity contribution in [3.05, 3.63) is 29.3 Å². The van der Waals surface area contributed by atoms with Crippen LogP contribution in [0.2, 0.25) is 0 Å². The highest BCUT2D eigenvalue weighted by Crippen LogP contribution is 2.19. The lowest BCUT2D eigenvalue weighted by atomic mass is 10.1. The summed E-state index contributed by atoms with van der Waals surface area (Å²) < 4.78 is 0. The second-order valence-electron chi connectivity index (χ2n) is 4.92. The van der Waals surface area contributed by atoms with Crippen molar-refractivity contribution in [1.29, 1.82) is 0 Å². The molecule has 0 aliphatic rings. The number of aryl methyl sites for hydroxylation is 2. The minimum Gasteiger partial charge on any atom is -0.480 e. The van der Waals surface area contributed by atoms with Gasteiger partial charge in [-0.25, -0.2) is 0 Å². The first kappa shape index (κ1) is 19.4. The van der Waals surface area contributed by atoms with Gasteiger partial charge in [0.05, 0.1) is 13.1 Å². The Kier molecular flexibility index (Phi) is 8.66. The summed E-state index contributed by atoms with van der Waals surface area (Å²) in [5.74, 6) is -1.10. The molecule has 2 N–H and O–H groups in total. The smallest absolute Gasteiger partial charge is 0.317 e. The monoisotopic (exact) mass is 314 g/mol. The molecule has 0 spiro atoms. The Hall–Kier alpha value is -1.59. The lowest BCUT2D eigenvalue weighted by Gasteiger charge is -2.19. The molecule has 0 atom stereocenters. The van der Waals surface area contributed by atoms with Crippen LogP contribution < -0.4 is 5.32 Å². The largest absolute Gasteiger partial charge is 0.480 e. The average Bonchev–Trinajstić information content (AvgIpc) is 2.33. The van der Waals surface area contributed by atoms with Crippen LogP contribution >= 0.6 is 12.4 Å². The summed E-state index contributed by atoms with van der Waals surface area (Å²) in [6.07, 6.45) is 0.809. The molecule has 0 bridgehead atoms. The Morgan fingerprint density at radius 3 is 2.24 bits per heavy atom. The number of nitrogens with one attached hydrogen (secondary N) is 1. The molecule has 0 unspecified atom stereocenters. The summed E-state index contributed by atoms with van der Waals surface area (Å²) in [4.78, 5) is 24.4. The first-order chi connectivity index (χ1) is 9.43. The fourth-order valence-corrected chi connectivity index (χ4v) is 2.12. The van der Waals surface area contributed by atoms with Gasteiger partial charge in [-0.1, -0.05) is 25.1 Å². The number of carboxylic acids is 1. The van der Waals surface area contributed by atoms with Crippen LogP contribution in [-0.4, -0.2) is 41.5 Å². The first-order valence-electron chi connectivity index (χ1n) is 6.74. The Morgan fingerprint density at radius 2 is 1.76 bits per heavy atom. The zero-order chi connectivity index (χ0) is 15.1. The van der Waals surface area contributed by atoms with Gasteiger partial charge in [0.15, 0.2) is 0 Å². The molecule has 1 aromatic rings. The number of carboxylic acid groups (broad SMARTS) is 1. The molecule has 0 radical (unpaired) electrons. The third-order valence-electron chi connectivity index (χ3n) is 3.01. The molecule has 5 nitrogen and oxygen atoms in total. The van der Waals surface area contributed by atoms with Gasteiger partial charge in [-0.3, -0.25) is 14.5 Å². The zero-order valence-corrected chi connectivity index (χ0v) is 13.5. The number of anilines is 1. The lowest BCUT2D eigenvalue weighted by molar-refractivity contribution is -0.138. The van der Waals surface area contributed by atoms with Gasteiger partial charge in [-0.05, 0) is 37.9 Å². The number of nitrogens with zero attached hydrogens (tertiary/aromatic N) is 1. The summed E-state index contributed by atoms with van der Waals surface area (Å²) in [6.45, 7) is 6.39.